The van der Waals surface area contributed by atoms with E-state index >= 15 is 0 Å². The summed E-state index contributed by atoms with van der Waals surface area (Å²) in [6.45, 7) is 0. The smallest absolute Gasteiger partial charge is 0.408 e. The summed E-state index contributed by atoms with van der Waals surface area (Å²) in [6, 6.07) is 6.43. The monoisotopic (exact) mass is 261 g/mol. The number of fused-ring (bicyclic) bond motifs is 1. The number of hydrogen-bond acceptors (Lipinski definition) is 4. The summed E-state index contributed by atoms with van der Waals surface area (Å²) >= 11 is 0. The van der Waals surface area contributed by atoms with Gasteiger partial charge in [0.25, 0.3) is 0 Å². The van der Waals surface area contributed by atoms with Crippen molar-refractivity contribution in [3.8, 4) is 0 Å². The second kappa shape index (κ2) is 4.42. The number of oxazole rings is 1. The maximum Gasteiger partial charge on any atom is 0.419 e. The molecular weight excluding hydrogens is 242 g/mol. The van der Waals surface area contributed by atoms with Gasteiger partial charge in [0.2, 0.25) is 0 Å². The lowest BCUT2D eigenvalue weighted by Crippen LogP contribution is -2.42. The number of likely N-dealkylation sites (N-methyl/N-ethyl adjacent to an activating group) is 1. The van der Waals surface area contributed by atoms with Crippen LogP contribution in [0.3, 0.4) is 0 Å². The first kappa shape index (κ1) is 12.3. The molecule has 0 amide bonds. The maximum atomic E-state index is 11.5. The third-order valence-corrected chi connectivity index (χ3v) is 4.21. The van der Waals surface area contributed by atoms with E-state index in [9.17, 15) is 4.79 Å². The van der Waals surface area contributed by atoms with Crippen molar-refractivity contribution >= 4 is 16.8 Å². The van der Waals surface area contributed by atoms with Crippen LogP contribution in [0, 0.1) is 0 Å². The molecule has 1 fully saturated rings. The van der Waals surface area contributed by atoms with Gasteiger partial charge < -0.3 is 15.1 Å². The van der Waals surface area contributed by atoms with Gasteiger partial charge in [-0.25, -0.2) is 4.79 Å². The molecule has 1 aliphatic carbocycles. The van der Waals surface area contributed by atoms with Crippen LogP contribution in [0.2, 0.25) is 0 Å². The van der Waals surface area contributed by atoms with Crippen molar-refractivity contribution in [2.45, 2.75) is 31.3 Å². The van der Waals surface area contributed by atoms with Crippen LogP contribution in [0.15, 0.2) is 27.4 Å². The highest BCUT2D eigenvalue weighted by Gasteiger charge is 2.27. The largest absolute Gasteiger partial charge is 0.419 e. The molecule has 1 saturated carbocycles. The van der Waals surface area contributed by atoms with E-state index in [1.54, 1.807) is 7.05 Å². The van der Waals surface area contributed by atoms with E-state index in [4.69, 9.17) is 10.2 Å². The number of aromatic nitrogens is 1. The normalized spacial score (nSPS) is 23.1. The summed E-state index contributed by atoms with van der Waals surface area (Å²) in [6.07, 6.45) is 3.39. The molecule has 0 saturated heterocycles. The lowest BCUT2D eigenvalue weighted by Gasteiger charge is -2.29. The van der Waals surface area contributed by atoms with E-state index < -0.39 is 0 Å². The van der Waals surface area contributed by atoms with E-state index in [-0.39, 0.29) is 11.8 Å². The van der Waals surface area contributed by atoms with Crippen molar-refractivity contribution in [2.24, 2.45) is 12.8 Å². The summed E-state index contributed by atoms with van der Waals surface area (Å²) in [5.74, 6) is -0.327. The van der Waals surface area contributed by atoms with Crippen molar-refractivity contribution in [1.82, 2.24) is 4.57 Å². The van der Waals surface area contributed by atoms with Crippen LogP contribution < -0.4 is 16.4 Å². The van der Waals surface area contributed by atoms with Crippen LogP contribution in [-0.4, -0.2) is 23.7 Å². The zero-order valence-electron chi connectivity index (χ0n) is 11.3. The fourth-order valence-electron chi connectivity index (χ4n) is 2.98. The zero-order valence-corrected chi connectivity index (χ0v) is 11.3. The minimum absolute atomic E-state index is 0.230. The molecule has 0 bridgehead atoms. The lowest BCUT2D eigenvalue weighted by atomic mass is 10.1. The molecule has 5 nitrogen and oxygen atoms in total. The summed E-state index contributed by atoms with van der Waals surface area (Å²) in [4.78, 5) is 13.7. The van der Waals surface area contributed by atoms with Gasteiger partial charge in [-0.1, -0.05) is 0 Å². The number of rotatable bonds is 2. The Morgan fingerprint density at radius 3 is 2.89 bits per heavy atom. The van der Waals surface area contributed by atoms with Crippen LogP contribution in [-0.2, 0) is 7.05 Å². The molecule has 1 aliphatic rings. The Labute approximate surface area is 111 Å². The zero-order chi connectivity index (χ0) is 13.6. The Bertz CT molecular complexity index is 658. The van der Waals surface area contributed by atoms with Gasteiger partial charge in [0, 0.05) is 31.9 Å². The second-order valence-corrected chi connectivity index (χ2v) is 5.35. The molecule has 2 atom stereocenters. The molecule has 0 spiro atoms. The Hall–Kier alpha value is -1.75. The molecule has 1 aromatic carbocycles. The van der Waals surface area contributed by atoms with Crippen molar-refractivity contribution in [3.63, 3.8) is 0 Å². The minimum atomic E-state index is -0.327. The predicted octanol–water partition coefficient (Wildman–Crippen LogP) is 1.45. The summed E-state index contributed by atoms with van der Waals surface area (Å²) in [7, 11) is 3.79. The van der Waals surface area contributed by atoms with Crippen molar-refractivity contribution < 1.29 is 4.42 Å². The molecule has 3 rings (SSSR count). The van der Waals surface area contributed by atoms with Crippen LogP contribution in [0.1, 0.15) is 19.3 Å². The summed E-state index contributed by atoms with van der Waals surface area (Å²) < 4.78 is 6.67. The first-order valence-corrected chi connectivity index (χ1v) is 6.66. The molecular formula is C14H19N3O2. The van der Waals surface area contributed by atoms with E-state index in [0.29, 0.717) is 11.6 Å². The quantitative estimate of drug-likeness (QED) is 0.888. The molecule has 1 aromatic heterocycles. The van der Waals surface area contributed by atoms with E-state index in [1.807, 2.05) is 18.2 Å². The number of aryl methyl sites for hydroxylation is 1. The van der Waals surface area contributed by atoms with Crippen LogP contribution in [0.5, 0.6) is 0 Å². The second-order valence-electron chi connectivity index (χ2n) is 5.35. The highest BCUT2D eigenvalue weighted by atomic mass is 16.4. The fourth-order valence-corrected chi connectivity index (χ4v) is 2.98. The fraction of sp³-hybridized carbons (Fsp3) is 0.500. The third kappa shape index (κ3) is 1.94. The standard InChI is InChI=1S/C14H19N3O2/c1-16(11-5-3-4-10(11)15)9-6-7-13-12(8-9)17(2)14(18)19-13/h6-8,10-11H,3-5,15H2,1-2H3. The van der Waals surface area contributed by atoms with Gasteiger partial charge in [-0.05, 0) is 37.5 Å². The average Bonchev–Trinajstić information content (AvgIpc) is 2.94. The van der Waals surface area contributed by atoms with Gasteiger partial charge in [-0.2, -0.15) is 0 Å². The SMILES string of the molecule is CN(c1ccc2oc(=O)n(C)c2c1)C1CCCC1N. The molecule has 102 valence electrons. The molecule has 2 N–H and O–H groups in total. The van der Waals surface area contributed by atoms with Gasteiger partial charge in [-0.3, -0.25) is 4.57 Å². The highest BCUT2D eigenvalue weighted by Crippen LogP contribution is 2.28. The number of hydrogen-bond donors (Lipinski definition) is 1. The number of benzene rings is 1. The molecule has 2 aromatic rings. The van der Waals surface area contributed by atoms with Crippen LogP contribution >= 0.6 is 0 Å². The van der Waals surface area contributed by atoms with Gasteiger partial charge in [-0.15, -0.1) is 0 Å². The van der Waals surface area contributed by atoms with Crippen LogP contribution in [0.25, 0.3) is 11.1 Å². The van der Waals surface area contributed by atoms with Gasteiger partial charge in [0.1, 0.15) is 0 Å². The number of anilines is 1. The summed E-state index contributed by atoms with van der Waals surface area (Å²) in [5, 5.41) is 0. The van der Waals surface area contributed by atoms with E-state index in [2.05, 4.69) is 11.9 Å². The minimum Gasteiger partial charge on any atom is -0.408 e. The Morgan fingerprint density at radius 1 is 1.42 bits per heavy atom. The summed E-state index contributed by atoms with van der Waals surface area (Å²) in [5.41, 5.74) is 8.67. The molecule has 5 heteroatoms. The Morgan fingerprint density at radius 2 is 2.21 bits per heavy atom. The molecule has 0 radical (unpaired) electrons. The van der Waals surface area contributed by atoms with Gasteiger partial charge >= 0.3 is 5.76 Å². The molecule has 1 heterocycles. The first-order chi connectivity index (χ1) is 9.08. The van der Waals surface area contributed by atoms with E-state index in [1.165, 1.54) is 11.0 Å². The van der Waals surface area contributed by atoms with E-state index in [0.717, 1.165) is 24.0 Å². The maximum absolute atomic E-state index is 11.5. The third-order valence-electron chi connectivity index (χ3n) is 4.21. The predicted molar refractivity (Wildman–Crippen MR) is 75.5 cm³/mol. The highest BCUT2D eigenvalue weighted by molar-refractivity contribution is 5.78. The van der Waals surface area contributed by atoms with Gasteiger partial charge in [0.05, 0.1) is 5.52 Å². The Kier molecular flexibility index (Phi) is 2.86. The number of nitrogens with two attached hydrogens (primary N) is 1. The Balaban J connectivity index is 2.00. The molecule has 2 unspecified atom stereocenters. The van der Waals surface area contributed by atoms with Crippen molar-refractivity contribution in [1.29, 1.82) is 0 Å². The molecule has 0 aliphatic heterocycles. The molecule has 19 heavy (non-hydrogen) atoms. The first-order valence-electron chi connectivity index (χ1n) is 6.66. The topological polar surface area (TPSA) is 64.4 Å². The van der Waals surface area contributed by atoms with Gasteiger partial charge in [0.15, 0.2) is 5.58 Å². The van der Waals surface area contributed by atoms with Crippen molar-refractivity contribution in [2.75, 3.05) is 11.9 Å². The van der Waals surface area contributed by atoms with Crippen molar-refractivity contribution in [3.05, 3.63) is 28.7 Å². The number of nitrogens with zero attached hydrogens (tertiary/aromatic N) is 2. The van der Waals surface area contributed by atoms with Crippen LogP contribution in [0.4, 0.5) is 5.69 Å². The lowest BCUT2D eigenvalue weighted by molar-refractivity contribution is 0.528. The average molecular weight is 261 g/mol.